The van der Waals surface area contributed by atoms with Crippen LogP contribution in [-0.2, 0) is 0 Å². The van der Waals surface area contributed by atoms with Crippen molar-refractivity contribution in [3.05, 3.63) is 54.1 Å². The topological polar surface area (TPSA) is 47.0 Å². The van der Waals surface area contributed by atoms with E-state index < -0.39 is 0 Å². The Labute approximate surface area is 113 Å². The summed E-state index contributed by atoms with van der Waals surface area (Å²) >= 11 is 0. The Kier molecular flexibility index (Phi) is 4.47. The molecule has 1 aromatic heterocycles. The van der Waals surface area contributed by atoms with E-state index in [0.717, 1.165) is 17.0 Å². The van der Waals surface area contributed by atoms with E-state index in [4.69, 9.17) is 4.74 Å². The van der Waals surface area contributed by atoms with Crippen molar-refractivity contribution in [2.45, 2.75) is 25.9 Å². The number of aromatic nitrogens is 2. The highest BCUT2D eigenvalue weighted by atomic mass is 16.5. The van der Waals surface area contributed by atoms with Gasteiger partial charge in [-0.1, -0.05) is 18.2 Å². The Morgan fingerprint density at radius 3 is 2.58 bits per heavy atom. The highest BCUT2D eigenvalue weighted by molar-refractivity contribution is 5.35. The first kappa shape index (κ1) is 13.5. The zero-order chi connectivity index (χ0) is 13.7. The van der Waals surface area contributed by atoms with Gasteiger partial charge < -0.3 is 10.1 Å². The summed E-state index contributed by atoms with van der Waals surface area (Å²) in [7, 11) is 1.69. The van der Waals surface area contributed by atoms with E-state index in [1.165, 1.54) is 0 Å². The number of rotatable bonds is 5. The number of para-hydroxylation sites is 1. The molecule has 0 spiro atoms. The van der Waals surface area contributed by atoms with Gasteiger partial charge in [0.05, 0.1) is 12.8 Å². The maximum atomic E-state index is 5.39. The average Bonchev–Trinajstić information content (AvgIpc) is 2.48. The van der Waals surface area contributed by atoms with Crippen LogP contribution in [-0.4, -0.2) is 17.1 Å². The number of hydrogen-bond acceptors (Lipinski definition) is 4. The Morgan fingerprint density at radius 1 is 1.11 bits per heavy atom. The van der Waals surface area contributed by atoms with Crippen LogP contribution >= 0.6 is 0 Å². The van der Waals surface area contributed by atoms with Gasteiger partial charge >= 0.3 is 0 Å². The first-order valence-corrected chi connectivity index (χ1v) is 6.37. The molecule has 0 saturated heterocycles. The maximum absolute atomic E-state index is 5.39. The third-order valence-corrected chi connectivity index (χ3v) is 3.13. The predicted molar refractivity (Wildman–Crippen MR) is 75.0 cm³/mol. The molecule has 0 aliphatic heterocycles. The minimum absolute atomic E-state index is 0.133. The van der Waals surface area contributed by atoms with Gasteiger partial charge in [-0.25, -0.2) is 0 Å². The van der Waals surface area contributed by atoms with Crippen molar-refractivity contribution in [3.63, 3.8) is 0 Å². The Bertz CT molecular complexity index is 516. The zero-order valence-corrected chi connectivity index (χ0v) is 11.5. The summed E-state index contributed by atoms with van der Waals surface area (Å²) in [4.78, 5) is 8.40. The molecule has 0 bridgehead atoms. The number of ether oxygens (including phenoxy) is 1. The molecule has 4 nitrogen and oxygen atoms in total. The van der Waals surface area contributed by atoms with Gasteiger partial charge in [-0.05, 0) is 19.9 Å². The number of nitrogens with one attached hydrogen (secondary N) is 1. The molecule has 19 heavy (non-hydrogen) atoms. The average molecular weight is 257 g/mol. The summed E-state index contributed by atoms with van der Waals surface area (Å²) in [5, 5.41) is 3.50. The van der Waals surface area contributed by atoms with Gasteiger partial charge in [0.1, 0.15) is 5.75 Å². The van der Waals surface area contributed by atoms with Gasteiger partial charge in [0, 0.05) is 36.2 Å². The second kappa shape index (κ2) is 6.29. The largest absolute Gasteiger partial charge is 0.496 e. The first-order valence-electron chi connectivity index (χ1n) is 6.37. The number of nitrogens with zero attached hydrogens (tertiary/aromatic N) is 2. The number of benzene rings is 1. The summed E-state index contributed by atoms with van der Waals surface area (Å²) in [6, 6.07) is 8.34. The molecule has 0 radical (unpaired) electrons. The van der Waals surface area contributed by atoms with E-state index in [2.05, 4.69) is 35.2 Å². The molecule has 2 rings (SSSR count). The van der Waals surface area contributed by atoms with Crippen molar-refractivity contribution < 1.29 is 4.74 Å². The summed E-state index contributed by atoms with van der Waals surface area (Å²) in [5.41, 5.74) is 2.07. The third-order valence-electron chi connectivity index (χ3n) is 3.13. The van der Waals surface area contributed by atoms with Crippen LogP contribution < -0.4 is 10.1 Å². The highest BCUT2D eigenvalue weighted by Gasteiger charge is 2.15. The molecular weight excluding hydrogens is 238 g/mol. The van der Waals surface area contributed by atoms with Crippen molar-refractivity contribution in [1.82, 2.24) is 15.3 Å². The molecule has 1 heterocycles. The standard InChI is InChI=1S/C15H19N3O/c1-11(13-6-4-5-7-15(13)19-3)18-12(2)14-10-16-8-9-17-14/h4-12,18H,1-3H3/t11-,12?/m0/s1. The third kappa shape index (κ3) is 3.29. The molecule has 0 amide bonds. The van der Waals surface area contributed by atoms with E-state index >= 15 is 0 Å². The van der Waals surface area contributed by atoms with Crippen LogP contribution in [0.25, 0.3) is 0 Å². The Balaban J connectivity index is 2.11. The fourth-order valence-corrected chi connectivity index (χ4v) is 2.11. The summed E-state index contributed by atoms with van der Waals surface area (Å²) < 4.78 is 5.39. The SMILES string of the molecule is COc1ccccc1[C@H](C)NC(C)c1cnccn1. The fourth-order valence-electron chi connectivity index (χ4n) is 2.11. The van der Waals surface area contributed by atoms with Crippen LogP contribution in [0.1, 0.15) is 37.2 Å². The van der Waals surface area contributed by atoms with Crippen LogP contribution in [0.15, 0.2) is 42.9 Å². The molecule has 0 aliphatic carbocycles. The van der Waals surface area contributed by atoms with Crippen molar-refractivity contribution >= 4 is 0 Å². The molecule has 4 heteroatoms. The number of hydrogen-bond donors (Lipinski definition) is 1. The van der Waals surface area contributed by atoms with Crippen LogP contribution in [0.4, 0.5) is 0 Å². The van der Waals surface area contributed by atoms with Crippen molar-refractivity contribution in [2.24, 2.45) is 0 Å². The van der Waals surface area contributed by atoms with E-state index in [1.54, 1.807) is 25.7 Å². The highest BCUT2D eigenvalue weighted by Crippen LogP contribution is 2.26. The summed E-state index contributed by atoms with van der Waals surface area (Å²) in [5.74, 6) is 0.897. The molecule has 2 atom stereocenters. The lowest BCUT2D eigenvalue weighted by Gasteiger charge is -2.21. The van der Waals surface area contributed by atoms with Gasteiger partial charge in [-0.3, -0.25) is 9.97 Å². The van der Waals surface area contributed by atoms with Gasteiger partial charge in [0.25, 0.3) is 0 Å². The van der Waals surface area contributed by atoms with Crippen LogP contribution in [0.5, 0.6) is 5.75 Å². The molecular formula is C15H19N3O. The van der Waals surface area contributed by atoms with E-state index in [1.807, 2.05) is 18.2 Å². The molecule has 1 N–H and O–H groups in total. The van der Waals surface area contributed by atoms with Gasteiger partial charge in [-0.15, -0.1) is 0 Å². The number of methoxy groups -OCH3 is 1. The monoisotopic (exact) mass is 257 g/mol. The zero-order valence-electron chi connectivity index (χ0n) is 11.5. The van der Waals surface area contributed by atoms with E-state index in [-0.39, 0.29) is 12.1 Å². The normalized spacial score (nSPS) is 13.8. The first-order chi connectivity index (χ1) is 9.22. The van der Waals surface area contributed by atoms with Crippen LogP contribution in [0.2, 0.25) is 0 Å². The van der Waals surface area contributed by atoms with Crippen molar-refractivity contribution in [3.8, 4) is 5.75 Å². The van der Waals surface area contributed by atoms with Gasteiger partial charge in [0.15, 0.2) is 0 Å². The lowest BCUT2D eigenvalue weighted by atomic mass is 10.1. The maximum Gasteiger partial charge on any atom is 0.123 e. The molecule has 0 fully saturated rings. The smallest absolute Gasteiger partial charge is 0.123 e. The Morgan fingerprint density at radius 2 is 1.89 bits per heavy atom. The predicted octanol–water partition coefficient (Wildman–Crippen LogP) is 2.90. The fraction of sp³-hybridized carbons (Fsp3) is 0.333. The van der Waals surface area contributed by atoms with Crippen LogP contribution in [0.3, 0.4) is 0 Å². The minimum Gasteiger partial charge on any atom is -0.496 e. The second-order valence-electron chi connectivity index (χ2n) is 4.48. The van der Waals surface area contributed by atoms with Gasteiger partial charge in [-0.2, -0.15) is 0 Å². The van der Waals surface area contributed by atoms with Crippen LogP contribution in [0, 0.1) is 0 Å². The van der Waals surface area contributed by atoms with Crippen molar-refractivity contribution in [2.75, 3.05) is 7.11 Å². The molecule has 100 valence electrons. The van der Waals surface area contributed by atoms with E-state index in [9.17, 15) is 0 Å². The molecule has 1 unspecified atom stereocenters. The quantitative estimate of drug-likeness (QED) is 0.894. The minimum atomic E-state index is 0.133. The summed E-state index contributed by atoms with van der Waals surface area (Å²) in [6.07, 6.45) is 5.17. The van der Waals surface area contributed by atoms with E-state index in [0.29, 0.717) is 0 Å². The lowest BCUT2D eigenvalue weighted by Crippen LogP contribution is -2.23. The molecule has 2 aromatic rings. The van der Waals surface area contributed by atoms with Gasteiger partial charge in [0.2, 0.25) is 0 Å². The second-order valence-corrected chi connectivity index (χ2v) is 4.48. The Hall–Kier alpha value is -1.94. The summed E-state index contributed by atoms with van der Waals surface area (Å²) in [6.45, 7) is 4.20. The molecule has 1 aromatic carbocycles. The molecule has 0 saturated carbocycles. The lowest BCUT2D eigenvalue weighted by molar-refractivity contribution is 0.396. The van der Waals surface area contributed by atoms with Crippen molar-refractivity contribution in [1.29, 1.82) is 0 Å². The molecule has 0 aliphatic rings.